The summed E-state index contributed by atoms with van der Waals surface area (Å²) >= 11 is 0. The largest absolute Gasteiger partial charge is 0.405 e. The lowest BCUT2D eigenvalue weighted by molar-refractivity contribution is -0.157. The van der Waals surface area contributed by atoms with Crippen molar-refractivity contribution in [1.29, 1.82) is 5.26 Å². The number of benzene rings is 1. The second-order valence-electron chi connectivity index (χ2n) is 3.96. The standard InChI is InChI=1S/C12H11F5N2/c13-10-3-8(4-11(14)5-10)1-2-19-7-9(6-18)12(15,16)17/h3-5,9,19H,1-2,7H2. The molecule has 0 aliphatic rings. The fourth-order valence-corrected chi connectivity index (χ4v) is 1.47. The highest BCUT2D eigenvalue weighted by Crippen LogP contribution is 2.24. The van der Waals surface area contributed by atoms with Crippen molar-refractivity contribution < 1.29 is 22.0 Å². The van der Waals surface area contributed by atoms with E-state index in [0.717, 1.165) is 18.2 Å². The Balaban J connectivity index is 2.41. The van der Waals surface area contributed by atoms with Crippen LogP contribution in [0.15, 0.2) is 18.2 Å². The predicted molar refractivity (Wildman–Crippen MR) is 58.1 cm³/mol. The van der Waals surface area contributed by atoms with Crippen molar-refractivity contribution in [3.63, 3.8) is 0 Å². The van der Waals surface area contributed by atoms with E-state index in [4.69, 9.17) is 5.26 Å². The Morgan fingerprint density at radius 3 is 2.21 bits per heavy atom. The zero-order valence-corrected chi connectivity index (χ0v) is 9.77. The van der Waals surface area contributed by atoms with Crippen LogP contribution in [0.5, 0.6) is 0 Å². The van der Waals surface area contributed by atoms with E-state index in [-0.39, 0.29) is 13.0 Å². The van der Waals surface area contributed by atoms with Gasteiger partial charge in [0, 0.05) is 12.6 Å². The normalized spacial score (nSPS) is 13.1. The molecule has 19 heavy (non-hydrogen) atoms. The van der Waals surface area contributed by atoms with E-state index in [0.29, 0.717) is 11.6 Å². The molecule has 1 aromatic carbocycles. The fourth-order valence-electron chi connectivity index (χ4n) is 1.47. The molecule has 0 heterocycles. The van der Waals surface area contributed by atoms with Gasteiger partial charge >= 0.3 is 6.18 Å². The maximum atomic E-state index is 12.8. The summed E-state index contributed by atoms with van der Waals surface area (Å²) in [6, 6.07) is 4.08. The van der Waals surface area contributed by atoms with Crippen LogP contribution in [0, 0.1) is 28.9 Å². The minimum absolute atomic E-state index is 0.0944. The van der Waals surface area contributed by atoms with Crippen LogP contribution in [0.3, 0.4) is 0 Å². The minimum atomic E-state index is -4.58. The first kappa shape index (κ1) is 15.4. The van der Waals surface area contributed by atoms with Gasteiger partial charge in [-0.2, -0.15) is 18.4 Å². The summed E-state index contributed by atoms with van der Waals surface area (Å²) in [4.78, 5) is 0. The van der Waals surface area contributed by atoms with Crippen LogP contribution >= 0.6 is 0 Å². The summed E-state index contributed by atoms with van der Waals surface area (Å²) in [6.45, 7) is -0.449. The number of alkyl halides is 3. The van der Waals surface area contributed by atoms with Gasteiger partial charge in [-0.3, -0.25) is 0 Å². The average molecular weight is 278 g/mol. The molecule has 0 fully saturated rings. The monoisotopic (exact) mass is 278 g/mol. The van der Waals surface area contributed by atoms with Crippen LogP contribution in [0.4, 0.5) is 22.0 Å². The van der Waals surface area contributed by atoms with Crippen molar-refractivity contribution in [2.24, 2.45) is 5.92 Å². The van der Waals surface area contributed by atoms with E-state index in [9.17, 15) is 22.0 Å². The molecule has 1 unspecified atom stereocenters. The molecule has 0 aromatic heterocycles. The first-order valence-electron chi connectivity index (χ1n) is 5.45. The first-order chi connectivity index (χ1) is 8.82. The zero-order valence-electron chi connectivity index (χ0n) is 9.77. The number of nitrogens with zero attached hydrogens (tertiary/aromatic N) is 1. The Labute approximate surface area is 106 Å². The SMILES string of the molecule is N#CC(CNCCc1cc(F)cc(F)c1)C(F)(F)F. The van der Waals surface area contributed by atoms with E-state index >= 15 is 0 Å². The van der Waals surface area contributed by atoms with E-state index in [2.05, 4.69) is 5.32 Å². The highest BCUT2D eigenvalue weighted by atomic mass is 19.4. The third kappa shape index (κ3) is 5.22. The van der Waals surface area contributed by atoms with Gasteiger partial charge in [-0.15, -0.1) is 0 Å². The molecule has 2 nitrogen and oxygen atoms in total. The van der Waals surface area contributed by atoms with Crippen molar-refractivity contribution in [3.8, 4) is 6.07 Å². The quantitative estimate of drug-likeness (QED) is 0.664. The Kier molecular flexibility index (Phi) is 5.24. The lowest BCUT2D eigenvalue weighted by Gasteiger charge is -2.13. The van der Waals surface area contributed by atoms with Crippen LogP contribution < -0.4 is 5.32 Å². The van der Waals surface area contributed by atoms with E-state index < -0.39 is 30.3 Å². The molecule has 1 rings (SSSR count). The Bertz CT molecular complexity index is 444. The first-order valence-corrected chi connectivity index (χ1v) is 5.45. The van der Waals surface area contributed by atoms with E-state index in [1.165, 1.54) is 0 Å². The van der Waals surface area contributed by atoms with Crippen LogP contribution in [0.1, 0.15) is 5.56 Å². The highest BCUT2D eigenvalue weighted by Gasteiger charge is 2.39. The number of hydrogen-bond acceptors (Lipinski definition) is 2. The van der Waals surface area contributed by atoms with Crippen molar-refractivity contribution in [2.45, 2.75) is 12.6 Å². The molecule has 0 aliphatic carbocycles. The number of nitrogens with one attached hydrogen (secondary N) is 1. The second kappa shape index (κ2) is 6.48. The highest BCUT2D eigenvalue weighted by molar-refractivity contribution is 5.18. The molecule has 104 valence electrons. The summed E-state index contributed by atoms with van der Waals surface area (Å²) in [6.07, 6.45) is -4.41. The lowest BCUT2D eigenvalue weighted by Crippen LogP contribution is -2.33. The van der Waals surface area contributed by atoms with Gasteiger partial charge in [0.25, 0.3) is 0 Å². The van der Waals surface area contributed by atoms with Gasteiger partial charge in [0.15, 0.2) is 5.92 Å². The summed E-state index contributed by atoms with van der Waals surface area (Å²) in [7, 11) is 0. The molecule has 0 saturated heterocycles. The van der Waals surface area contributed by atoms with Crippen LogP contribution in [-0.2, 0) is 6.42 Å². The molecule has 0 bridgehead atoms. The molecule has 0 radical (unpaired) electrons. The topological polar surface area (TPSA) is 35.8 Å². The molecule has 1 aromatic rings. The smallest absolute Gasteiger partial charge is 0.315 e. The summed E-state index contributed by atoms with van der Waals surface area (Å²) in [5.41, 5.74) is 0.338. The fraction of sp³-hybridized carbons (Fsp3) is 0.417. The van der Waals surface area contributed by atoms with Gasteiger partial charge in [0.05, 0.1) is 6.07 Å². The molecule has 0 spiro atoms. The third-order valence-electron chi connectivity index (χ3n) is 2.41. The van der Waals surface area contributed by atoms with Crippen molar-refractivity contribution >= 4 is 0 Å². The molecule has 0 saturated carbocycles. The molecular weight excluding hydrogens is 267 g/mol. The van der Waals surface area contributed by atoms with Crippen LogP contribution in [0.25, 0.3) is 0 Å². The van der Waals surface area contributed by atoms with Gasteiger partial charge in [0.2, 0.25) is 0 Å². The summed E-state index contributed by atoms with van der Waals surface area (Å²) in [5.74, 6) is -3.56. The number of rotatable bonds is 5. The molecule has 1 N–H and O–H groups in total. The molecular formula is C12H11F5N2. The van der Waals surface area contributed by atoms with Crippen LogP contribution in [-0.4, -0.2) is 19.3 Å². The number of halogens is 5. The van der Waals surface area contributed by atoms with E-state index in [1.54, 1.807) is 0 Å². The maximum absolute atomic E-state index is 12.8. The lowest BCUT2D eigenvalue weighted by atomic mass is 10.1. The number of nitriles is 1. The summed E-state index contributed by atoms with van der Waals surface area (Å²) in [5, 5.41) is 10.8. The third-order valence-corrected chi connectivity index (χ3v) is 2.41. The Morgan fingerprint density at radius 2 is 1.74 bits per heavy atom. The Morgan fingerprint density at radius 1 is 1.16 bits per heavy atom. The van der Waals surface area contributed by atoms with Crippen molar-refractivity contribution in [2.75, 3.05) is 13.1 Å². The summed E-state index contributed by atoms with van der Waals surface area (Å²) < 4.78 is 62.3. The van der Waals surface area contributed by atoms with Crippen molar-refractivity contribution in [1.82, 2.24) is 5.32 Å². The molecule has 0 aliphatic heterocycles. The van der Waals surface area contributed by atoms with Gasteiger partial charge in [-0.25, -0.2) is 8.78 Å². The average Bonchev–Trinajstić information content (AvgIpc) is 2.25. The molecule has 1 atom stereocenters. The van der Waals surface area contributed by atoms with Gasteiger partial charge in [0.1, 0.15) is 11.6 Å². The minimum Gasteiger partial charge on any atom is -0.315 e. The predicted octanol–water partition coefficient (Wildman–Crippen LogP) is 2.80. The molecule has 7 heteroatoms. The zero-order chi connectivity index (χ0) is 14.5. The van der Waals surface area contributed by atoms with Crippen molar-refractivity contribution in [3.05, 3.63) is 35.4 Å². The van der Waals surface area contributed by atoms with E-state index in [1.807, 2.05) is 0 Å². The van der Waals surface area contributed by atoms with Gasteiger partial charge in [-0.1, -0.05) is 0 Å². The van der Waals surface area contributed by atoms with Gasteiger partial charge in [-0.05, 0) is 30.7 Å². The second-order valence-corrected chi connectivity index (χ2v) is 3.96. The molecule has 0 amide bonds. The van der Waals surface area contributed by atoms with Gasteiger partial charge < -0.3 is 5.32 Å². The maximum Gasteiger partial charge on any atom is 0.405 e. The van der Waals surface area contributed by atoms with Crippen LogP contribution in [0.2, 0.25) is 0 Å². The number of hydrogen-bond donors (Lipinski definition) is 1. The Hall–Kier alpha value is -1.68.